The van der Waals surface area contributed by atoms with E-state index in [1.54, 1.807) is 0 Å². The summed E-state index contributed by atoms with van der Waals surface area (Å²) in [7, 11) is 0. The van der Waals surface area contributed by atoms with E-state index < -0.39 is 0 Å². The smallest absolute Gasteiger partial charge is 0.136 e. The number of rotatable bonds is 6. The van der Waals surface area contributed by atoms with Crippen molar-refractivity contribution in [2.24, 2.45) is 5.73 Å². The van der Waals surface area contributed by atoms with Crippen molar-refractivity contribution >= 4 is 60.7 Å². The zero-order valence-electron chi connectivity index (χ0n) is 28.5. The van der Waals surface area contributed by atoms with Gasteiger partial charge in [0.2, 0.25) is 0 Å². The van der Waals surface area contributed by atoms with E-state index in [1.165, 1.54) is 38.6 Å². The molecule has 0 amide bonds. The van der Waals surface area contributed by atoms with Gasteiger partial charge in [0.1, 0.15) is 22.3 Å². The highest BCUT2D eigenvalue weighted by atomic mass is 16.3. The summed E-state index contributed by atoms with van der Waals surface area (Å²) in [4.78, 5) is 0. The minimum absolute atomic E-state index is 0.107. The van der Waals surface area contributed by atoms with Crippen LogP contribution in [0.3, 0.4) is 0 Å². The van der Waals surface area contributed by atoms with Crippen LogP contribution in [0.1, 0.15) is 53.9 Å². The van der Waals surface area contributed by atoms with Crippen molar-refractivity contribution in [3.8, 4) is 11.1 Å². The van der Waals surface area contributed by atoms with Gasteiger partial charge in [-0.15, -0.1) is 0 Å². The van der Waals surface area contributed by atoms with E-state index in [0.29, 0.717) is 0 Å². The molecule has 0 bridgehead atoms. The third-order valence-electron chi connectivity index (χ3n) is 10.9. The van der Waals surface area contributed by atoms with Crippen LogP contribution in [-0.2, 0) is 5.41 Å². The lowest BCUT2D eigenvalue weighted by Crippen LogP contribution is -2.31. The molecule has 51 heavy (non-hydrogen) atoms. The fraction of sp³-hybridized carbons (Fsp3) is 0.106. The lowest BCUT2D eigenvalue weighted by atomic mass is 9.81. The maximum absolute atomic E-state index is 6.85. The van der Waals surface area contributed by atoms with Crippen LogP contribution >= 0.6 is 0 Å². The van der Waals surface area contributed by atoms with E-state index >= 15 is 0 Å². The van der Waals surface area contributed by atoms with Crippen LogP contribution in [-0.4, -0.2) is 0 Å². The Bertz CT molecular complexity index is 2840. The van der Waals surface area contributed by atoms with Crippen molar-refractivity contribution in [3.63, 3.8) is 0 Å². The molecule has 2 heterocycles. The van der Waals surface area contributed by atoms with Crippen molar-refractivity contribution in [1.29, 1.82) is 0 Å². The number of furan rings is 2. The van der Waals surface area contributed by atoms with Gasteiger partial charge in [-0.25, -0.2) is 0 Å². The normalized spacial score (nSPS) is 15.0. The maximum atomic E-state index is 6.85. The van der Waals surface area contributed by atoms with Crippen molar-refractivity contribution < 1.29 is 8.83 Å². The Hall–Kier alpha value is -5.94. The van der Waals surface area contributed by atoms with Crippen LogP contribution in [0.15, 0.2) is 154 Å². The molecular formula is C47H36N2O2. The molecule has 7 aromatic carbocycles. The van der Waals surface area contributed by atoms with Crippen molar-refractivity contribution in [2.75, 3.05) is 0 Å². The number of para-hydroxylation sites is 1. The molecule has 1 aliphatic rings. The zero-order chi connectivity index (χ0) is 34.3. The molecule has 2 atom stereocenters. The number of nitrogens with one attached hydrogen (secondary N) is 1. The lowest BCUT2D eigenvalue weighted by Gasteiger charge is -2.22. The average Bonchev–Trinajstić information content (AvgIpc) is 3.78. The molecule has 0 radical (unpaired) electrons. The third-order valence-corrected chi connectivity index (χ3v) is 10.9. The maximum Gasteiger partial charge on any atom is 0.136 e. The Morgan fingerprint density at radius 3 is 2.04 bits per heavy atom. The van der Waals surface area contributed by atoms with Gasteiger partial charge in [-0.1, -0.05) is 123 Å². The Labute approximate surface area is 295 Å². The second-order valence-corrected chi connectivity index (χ2v) is 14.3. The molecule has 1 aliphatic carbocycles. The van der Waals surface area contributed by atoms with Crippen molar-refractivity contribution in [1.82, 2.24) is 5.32 Å². The first-order valence-electron chi connectivity index (χ1n) is 17.6. The zero-order valence-corrected chi connectivity index (χ0v) is 28.5. The van der Waals surface area contributed by atoms with Crippen LogP contribution < -0.4 is 11.1 Å². The van der Waals surface area contributed by atoms with E-state index in [-0.39, 0.29) is 17.6 Å². The molecular weight excluding hydrogens is 625 g/mol. The van der Waals surface area contributed by atoms with Gasteiger partial charge in [0.25, 0.3) is 0 Å². The van der Waals surface area contributed by atoms with Crippen molar-refractivity contribution in [3.05, 3.63) is 173 Å². The van der Waals surface area contributed by atoms with Gasteiger partial charge in [-0.3, -0.25) is 5.32 Å². The Balaban J connectivity index is 1.10. The van der Waals surface area contributed by atoms with Gasteiger partial charge in [0, 0.05) is 27.0 Å². The van der Waals surface area contributed by atoms with Crippen molar-refractivity contribution in [2.45, 2.75) is 31.5 Å². The first-order chi connectivity index (χ1) is 24.9. The average molecular weight is 661 g/mol. The van der Waals surface area contributed by atoms with Gasteiger partial charge >= 0.3 is 0 Å². The molecule has 0 saturated heterocycles. The molecule has 4 nitrogen and oxygen atoms in total. The summed E-state index contributed by atoms with van der Waals surface area (Å²) in [5.74, 6) is 0. The topological polar surface area (TPSA) is 64.3 Å². The highest BCUT2D eigenvalue weighted by Crippen LogP contribution is 2.51. The Kier molecular flexibility index (Phi) is 6.63. The fourth-order valence-corrected chi connectivity index (χ4v) is 8.26. The Morgan fingerprint density at radius 1 is 0.569 bits per heavy atom. The third kappa shape index (κ3) is 4.75. The van der Waals surface area contributed by atoms with Gasteiger partial charge < -0.3 is 14.6 Å². The highest BCUT2D eigenvalue weighted by molar-refractivity contribution is 6.14. The number of benzene rings is 7. The number of nitrogens with two attached hydrogens (primary N) is 1. The lowest BCUT2D eigenvalue weighted by molar-refractivity contribution is 0.509. The van der Waals surface area contributed by atoms with E-state index in [1.807, 2.05) is 36.4 Å². The van der Waals surface area contributed by atoms with Crippen LogP contribution in [0.25, 0.3) is 71.9 Å². The van der Waals surface area contributed by atoms with E-state index in [4.69, 9.17) is 14.6 Å². The van der Waals surface area contributed by atoms with Crippen LogP contribution in [0.2, 0.25) is 0 Å². The first kappa shape index (κ1) is 29.9. The summed E-state index contributed by atoms with van der Waals surface area (Å²) in [6, 6.07) is 48.9. The summed E-state index contributed by atoms with van der Waals surface area (Å²) in [5.41, 5.74) is 18.8. The predicted octanol–water partition coefficient (Wildman–Crippen LogP) is 11.9. The molecule has 0 aliphatic heterocycles. The quantitative estimate of drug-likeness (QED) is 0.174. The molecule has 2 unspecified atom stereocenters. The molecule has 9 aromatic rings. The molecule has 0 saturated carbocycles. The molecule has 2 aromatic heterocycles. The second-order valence-electron chi connectivity index (χ2n) is 14.3. The van der Waals surface area contributed by atoms with Gasteiger partial charge in [0.15, 0.2) is 0 Å². The largest absolute Gasteiger partial charge is 0.456 e. The summed E-state index contributed by atoms with van der Waals surface area (Å²) in [5, 5.41) is 10.5. The minimum Gasteiger partial charge on any atom is -0.456 e. The molecule has 10 rings (SSSR count). The van der Waals surface area contributed by atoms with Gasteiger partial charge in [-0.05, 0) is 92.2 Å². The predicted molar refractivity (Wildman–Crippen MR) is 211 cm³/mol. The Morgan fingerprint density at radius 2 is 1.24 bits per heavy atom. The number of fused-ring (bicyclic) bond motifs is 10. The summed E-state index contributed by atoms with van der Waals surface area (Å²) < 4.78 is 12.7. The van der Waals surface area contributed by atoms with Gasteiger partial charge in [-0.2, -0.15) is 0 Å². The summed E-state index contributed by atoms with van der Waals surface area (Å²) in [6.45, 7) is 4.68. The summed E-state index contributed by atoms with van der Waals surface area (Å²) in [6.07, 6.45) is 4.15. The van der Waals surface area contributed by atoms with Crippen LogP contribution in [0, 0.1) is 0 Å². The SMILES string of the molecule is CC1(C)c2cc3ccccc3cc2-c2c(/C=C/C(NC(N)c3ccccc3)c3ccc4oc5cc6c(cc5c4c3)oc3ccccc36)cccc21. The molecule has 4 heteroatoms. The molecule has 0 spiro atoms. The van der Waals surface area contributed by atoms with E-state index in [2.05, 4.69) is 134 Å². The van der Waals surface area contributed by atoms with Gasteiger partial charge in [0.05, 0.1) is 12.2 Å². The highest BCUT2D eigenvalue weighted by Gasteiger charge is 2.36. The molecule has 0 fully saturated rings. The molecule has 3 N–H and O–H groups in total. The van der Waals surface area contributed by atoms with E-state index in [9.17, 15) is 0 Å². The summed E-state index contributed by atoms with van der Waals surface area (Å²) >= 11 is 0. The van der Waals surface area contributed by atoms with Crippen LogP contribution in [0.4, 0.5) is 0 Å². The number of hydrogen-bond acceptors (Lipinski definition) is 4. The monoisotopic (exact) mass is 660 g/mol. The van der Waals surface area contributed by atoms with Crippen LogP contribution in [0.5, 0.6) is 0 Å². The molecule has 246 valence electrons. The number of hydrogen-bond donors (Lipinski definition) is 2. The standard InChI is InChI=1S/C47H36N2O2/c1-47(2)38-17-10-15-28(45(38)37-23-30-13-6-7-14-31(30)25-39(37)47)19-21-40(49-46(48)29-11-4-3-5-12-29)32-20-22-42-34(24-32)36-27-43-35(26-44(36)51-42)33-16-8-9-18-41(33)50-43/h3-27,40,46,49H,48H2,1-2H3/b21-19+. The fourth-order valence-electron chi connectivity index (χ4n) is 8.26. The van der Waals surface area contributed by atoms with E-state index in [0.717, 1.165) is 55.0 Å². The minimum atomic E-state index is -0.375. The second kappa shape index (κ2) is 11.3. The first-order valence-corrected chi connectivity index (χ1v) is 17.6.